The molecule has 2 saturated heterocycles. The number of rotatable bonds is 8. The van der Waals surface area contributed by atoms with E-state index in [9.17, 15) is 25.6 Å². The molecule has 0 bridgehead atoms. The molecule has 2 aromatic heterocycles. The van der Waals surface area contributed by atoms with Crippen LogP contribution in [0, 0.1) is 17.5 Å². The summed E-state index contributed by atoms with van der Waals surface area (Å²) in [7, 11) is -5.88. The van der Waals surface area contributed by atoms with Crippen molar-refractivity contribution in [3.8, 4) is 21.8 Å². The summed E-state index contributed by atoms with van der Waals surface area (Å²) >= 11 is 1.30. The Morgan fingerprint density at radius 1 is 0.938 bits per heavy atom. The van der Waals surface area contributed by atoms with Crippen molar-refractivity contribution in [2.45, 2.75) is 49.7 Å². The van der Waals surface area contributed by atoms with Crippen molar-refractivity contribution in [2.75, 3.05) is 46.6 Å². The molecule has 2 fully saturated rings. The third-order valence-corrected chi connectivity index (χ3v) is 12.6. The Kier molecular flexibility index (Phi) is 9.41. The van der Waals surface area contributed by atoms with E-state index in [1.807, 2.05) is 11.8 Å². The van der Waals surface area contributed by atoms with Gasteiger partial charge in [0.15, 0.2) is 15.8 Å². The Hall–Kier alpha value is -3.80. The second-order valence-corrected chi connectivity index (χ2v) is 17.1. The number of nitrogens with one attached hydrogen (secondary N) is 2. The van der Waals surface area contributed by atoms with Crippen LogP contribution >= 0.6 is 11.3 Å². The number of benzene rings is 2. The van der Waals surface area contributed by atoms with Crippen molar-refractivity contribution in [1.82, 2.24) is 19.9 Å². The molecular weight excluding hydrogens is 688 g/mol. The molecule has 11 nitrogen and oxygen atoms in total. The van der Waals surface area contributed by atoms with Crippen LogP contribution in [0.5, 0.6) is 0 Å². The smallest absolute Gasteiger partial charge is 0.267 e. The van der Waals surface area contributed by atoms with Gasteiger partial charge in [0.1, 0.15) is 21.5 Å². The highest BCUT2D eigenvalue weighted by molar-refractivity contribution is 7.92. The molecular formula is C31H34F3N7O4S3. The fourth-order valence-corrected chi connectivity index (χ4v) is 10.2. The number of sulfone groups is 1. The molecule has 0 aliphatic carbocycles. The molecule has 2 aromatic carbocycles. The molecule has 4 heterocycles. The Balaban J connectivity index is 1.41. The Morgan fingerprint density at radius 2 is 1.58 bits per heavy atom. The molecule has 0 radical (unpaired) electrons. The topological polar surface area (TPSA) is 137 Å². The molecule has 48 heavy (non-hydrogen) atoms. The maximum Gasteiger partial charge on any atom is 0.267 e. The number of anilines is 3. The number of piperazine rings is 1. The van der Waals surface area contributed by atoms with E-state index in [-0.39, 0.29) is 46.8 Å². The first kappa shape index (κ1) is 34.1. The zero-order valence-electron chi connectivity index (χ0n) is 26.3. The van der Waals surface area contributed by atoms with Crippen LogP contribution in [0.15, 0.2) is 53.6 Å². The van der Waals surface area contributed by atoms with Gasteiger partial charge in [0.05, 0.1) is 33.5 Å². The number of nitrogens with zero attached hydrogens (tertiary/aromatic N) is 5. The van der Waals surface area contributed by atoms with Crippen molar-refractivity contribution in [3.63, 3.8) is 0 Å². The predicted molar refractivity (Wildman–Crippen MR) is 180 cm³/mol. The molecule has 0 spiro atoms. The van der Waals surface area contributed by atoms with Gasteiger partial charge in [-0.05, 0) is 64.1 Å². The minimum absolute atomic E-state index is 0.0539. The van der Waals surface area contributed by atoms with Gasteiger partial charge in [-0.1, -0.05) is 23.5 Å². The van der Waals surface area contributed by atoms with E-state index in [0.29, 0.717) is 28.5 Å². The lowest BCUT2D eigenvalue weighted by atomic mass is 10.1. The molecule has 2 N–H and O–H groups in total. The maximum atomic E-state index is 16.3. The van der Waals surface area contributed by atoms with Gasteiger partial charge in [0.25, 0.3) is 10.0 Å². The summed E-state index contributed by atoms with van der Waals surface area (Å²) in [5, 5.41) is 3.83. The monoisotopic (exact) mass is 721 g/mol. The first-order chi connectivity index (χ1) is 22.7. The van der Waals surface area contributed by atoms with E-state index < -0.39 is 47.9 Å². The molecule has 2 atom stereocenters. The van der Waals surface area contributed by atoms with Gasteiger partial charge in [-0.15, -0.1) is 0 Å². The van der Waals surface area contributed by atoms with Gasteiger partial charge < -0.3 is 15.1 Å². The largest absolute Gasteiger partial charge is 0.351 e. The van der Waals surface area contributed by atoms with E-state index in [0.717, 1.165) is 37.4 Å². The Bertz CT molecular complexity index is 2020. The zero-order valence-corrected chi connectivity index (χ0v) is 28.8. The van der Waals surface area contributed by atoms with Crippen LogP contribution in [0.3, 0.4) is 0 Å². The second-order valence-electron chi connectivity index (χ2n) is 12.2. The standard InChI is InChI=1S/C31H34F3N7O4S3/c1-18-16-40(3)17-19(2)41(18)31-38-27(28(46-31)25-10-13-35-30(37-25)36-20-11-14-47(42,43)15-12-20)21-6-4-9-24(26(21)34)39-48(44,45)29-22(32)7-5-8-23(29)33/h4-10,13,18-20,39H,11-12,14-17H2,1-3H3,(H,35,36,37). The first-order valence-electron chi connectivity index (χ1n) is 15.3. The van der Waals surface area contributed by atoms with E-state index in [2.05, 4.69) is 33.9 Å². The average molecular weight is 722 g/mol. The van der Waals surface area contributed by atoms with Crippen LogP contribution in [-0.4, -0.2) is 86.5 Å². The summed E-state index contributed by atoms with van der Waals surface area (Å²) in [6.45, 7) is 5.68. The van der Waals surface area contributed by atoms with Gasteiger partial charge in [-0.3, -0.25) is 4.72 Å². The lowest BCUT2D eigenvalue weighted by Gasteiger charge is -2.43. The zero-order chi connectivity index (χ0) is 34.4. The third-order valence-electron chi connectivity index (χ3n) is 8.40. The average Bonchev–Trinajstić information content (AvgIpc) is 3.43. The van der Waals surface area contributed by atoms with Gasteiger partial charge in [0.2, 0.25) is 5.95 Å². The number of sulfonamides is 1. The van der Waals surface area contributed by atoms with Crippen molar-refractivity contribution in [2.24, 2.45) is 0 Å². The third kappa shape index (κ3) is 6.99. The normalized spacial score (nSPS) is 20.5. The fourth-order valence-electron chi connectivity index (χ4n) is 6.24. The van der Waals surface area contributed by atoms with Crippen LogP contribution in [-0.2, 0) is 19.9 Å². The number of halogens is 3. The quantitative estimate of drug-likeness (QED) is 0.256. The predicted octanol–water partition coefficient (Wildman–Crippen LogP) is 5.00. The summed E-state index contributed by atoms with van der Waals surface area (Å²) in [5.41, 5.74) is 0.0383. The number of aromatic nitrogens is 3. The van der Waals surface area contributed by atoms with Crippen LogP contribution < -0.4 is 14.9 Å². The second kappa shape index (κ2) is 13.2. The lowest BCUT2D eigenvalue weighted by Crippen LogP contribution is -2.55. The van der Waals surface area contributed by atoms with Gasteiger partial charge in [-0.2, -0.15) is 0 Å². The highest BCUT2D eigenvalue weighted by Crippen LogP contribution is 2.43. The number of hydrogen-bond donors (Lipinski definition) is 2. The SMILES string of the molecule is CC1CN(C)CC(C)N1c1nc(-c2cccc(NS(=O)(=O)c3c(F)cccc3F)c2F)c(-c2ccnc(NC3CCS(=O)(=O)CC3)n2)s1. The Labute approximate surface area is 281 Å². The van der Waals surface area contributed by atoms with E-state index in [1.165, 1.54) is 23.5 Å². The molecule has 256 valence electrons. The van der Waals surface area contributed by atoms with Crippen LogP contribution in [0.1, 0.15) is 26.7 Å². The molecule has 4 aromatic rings. The highest BCUT2D eigenvalue weighted by Gasteiger charge is 2.33. The lowest BCUT2D eigenvalue weighted by molar-refractivity contribution is 0.240. The van der Waals surface area contributed by atoms with Crippen molar-refractivity contribution < 1.29 is 30.0 Å². The molecule has 6 rings (SSSR count). The first-order valence-corrected chi connectivity index (χ1v) is 19.4. The summed E-state index contributed by atoms with van der Waals surface area (Å²) < 4.78 is 97.1. The molecule has 0 saturated carbocycles. The van der Waals surface area contributed by atoms with E-state index in [1.54, 1.807) is 12.3 Å². The van der Waals surface area contributed by atoms with Gasteiger partial charge in [0, 0.05) is 43.0 Å². The highest BCUT2D eigenvalue weighted by atomic mass is 32.2. The number of likely N-dealkylation sites (N-methyl/N-ethyl adjacent to an activating group) is 1. The van der Waals surface area contributed by atoms with E-state index >= 15 is 4.39 Å². The van der Waals surface area contributed by atoms with Crippen LogP contribution in [0.25, 0.3) is 21.8 Å². The summed E-state index contributed by atoms with van der Waals surface area (Å²) in [6.07, 6.45) is 2.36. The summed E-state index contributed by atoms with van der Waals surface area (Å²) in [5.74, 6) is -3.22. The van der Waals surface area contributed by atoms with Crippen molar-refractivity contribution in [3.05, 3.63) is 66.1 Å². The van der Waals surface area contributed by atoms with Crippen molar-refractivity contribution in [1.29, 1.82) is 0 Å². The Morgan fingerprint density at radius 3 is 2.25 bits per heavy atom. The number of hydrogen-bond acceptors (Lipinski definition) is 11. The van der Waals surface area contributed by atoms with Crippen LogP contribution in [0.4, 0.5) is 29.9 Å². The maximum absolute atomic E-state index is 16.3. The summed E-state index contributed by atoms with van der Waals surface area (Å²) in [6, 6.07) is 8.29. The molecule has 0 amide bonds. The molecule has 2 aliphatic heterocycles. The van der Waals surface area contributed by atoms with Crippen LogP contribution in [0.2, 0.25) is 0 Å². The molecule has 2 aliphatic rings. The molecule has 17 heteroatoms. The summed E-state index contributed by atoms with van der Waals surface area (Å²) in [4.78, 5) is 17.6. The van der Waals surface area contributed by atoms with Crippen molar-refractivity contribution >= 4 is 48.0 Å². The fraction of sp³-hybridized carbons (Fsp3) is 0.387. The minimum atomic E-state index is -4.85. The minimum Gasteiger partial charge on any atom is -0.351 e. The molecule has 2 unspecified atom stereocenters. The van der Waals surface area contributed by atoms with Gasteiger partial charge in [-0.25, -0.2) is 45.0 Å². The number of thiazole rings is 1. The van der Waals surface area contributed by atoms with E-state index in [4.69, 9.17) is 9.97 Å². The van der Waals surface area contributed by atoms with Gasteiger partial charge >= 0.3 is 0 Å².